The Morgan fingerprint density at radius 2 is 1.92 bits per heavy atom. The number of amides is 2. The van der Waals surface area contributed by atoms with Crippen LogP contribution in [0.5, 0.6) is 0 Å². The third-order valence-corrected chi connectivity index (χ3v) is 6.61. The second-order valence-electron chi connectivity index (χ2n) is 6.55. The second-order valence-corrected chi connectivity index (χ2v) is 8.65. The van der Waals surface area contributed by atoms with Crippen molar-refractivity contribution in [2.24, 2.45) is 5.92 Å². The summed E-state index contributed by atoms with van der Waals surface area (Å²) in [6, 6.07) is 17.8. The summed E-state index contributed by atoms with van der Waals surface area (Å²) in [5, 5.41) is 0.0544. The number of anilines is 1. The highest BCUT2D eigenvalue weighted by molar-refractivity contribution is 9.10. The first-order valence-electron chi connectivity index (χ1n) is 8.66. The highest BCUT2D eigenvalue weighted by atomic mass is 79.9. The van der Waals surface area contributed by atoms with Crippen LogP contribution in [0.3, 0.4) is 0 Å². The maximum atomic E-state index is 13.1. The summed E-state index contributed by atoms with van der Waals surface area (Å²) >= 11 is 5.24. The van der Waals surface area contributed by atoms with Gasteiger partial charge in [-0.05, 0) is 23.8 Å². The molecule has 0 radical (unpaired) electrons. The number of carbonyl (C=O) groups is 2. The van der Waals surface area contributed by atoms with Crippen LogP contribution in [-0.2, 0) is 9.59 Å². The van der Waals surface area contributed by atoms with Gasteiger partial charge in [-0.1, -0.05) is 52.3 Å². The molecule has 2 unspecified atom stereocenters. The van der Waals surface area contributed by atoms with Gasteiger partial charge in [-0.2, -0.15) is 0 Å². The van der Waals surface area contributed by atoms with E-state index in [2.05, 4.69) is 28.1 Å². The molecule has 2 saturated heterocycles. The molecule has 0 N–H and O–H groups in total. The first-order valence-corrected chi connectivity index (χ1v) is 10.5. The van der Waals surface area contributed by atoms with E-state index in [0.29, 0.717) is 6.54 Å². The summed E-state index contributed by atoms with van der Waals surface area (Å²) in [5.74, 6) is 0.770. The summed E-state index contributed by atoms with van der Waals surface area (Å²) in [4.78, 5) is 29.3. The van der Waals surface area contributed by atoms with Gasteiger partial charge in [0.2, 0.25) is 11.8 Å². The van der Waals surface area contributed by atoms with E-state index >= 15 is 0 Å². The van der Waals surface area contributed by atoms with Gasteiger partial charge in [-0.25, -0.2) is 0 Å². The van der Waals surface area contributed by atoms with Crippen molar-refractivity contribution >= 4 is 45.2 Å². The fourth-order valence-corrected chi connectivity index (χ4v) is 5.24. The fourth-order valence-electron chi connectivity index (χ4n) is 3.59. The van der Waals surface area contributed by atoms with Crippen molar-refractivity contribution in [3.63, 3.8) is 0 Å². The lowest BCUT2D eigenvalue weighted by Crippen LogP contribution is -2.37. The fraction of sp³-hybridized carbons (Fsp3) is 0.300. The van der Waals surface area contributed by atoms with Gasteiger partial charge in [0, 0.05) is 35.4 Å². The predicted molar refractivity (Wildman–Crippen MR) is 108 cm³/mol. The molecule has 2 aliphatic heterocycles. The minimum Gasteiger partial charge on any atom is -0.325 e. The number of nitrogens with zero attached hydrogens (tertiary/aromatic N) is 2. The number of rotatable bonds is 3. The van der Waals surface area contributed by atoms with Gasteiger partial charge in [0.25, 0.3) is 0 Å². The Bertz CT molecular complexity index is 830. The minimum atomic E-state index is -0.272. The number of carbonyl (C=O) groups excluding carboxylic acids is 2. The largest absolute Gasteiger partial charge is 0.325 e. The maximum Gasteiger partial charge on any atom is 0.229 e. The summed E-state index contributed by atoms with van der Waals surface area (Å²) in [5.41, 5.74) is 1.99. The zero-order valence-corrected chi connectivity index (χ0v) is 16.6. The van der Waals surface area contributed by atoms with Gasteiger partial charge in [-0.3, -0.25) is 9.59 Å². The second kappa shape index (κ2) is 7.45. The smallest absolute Gasteiger partial charge is 0.229 e. The maximum absolute atomic E-state index is 13.1. The van der Waals surface area contributed by atoms with Crippen molar-refractivity contribution in [2.45, 2.75) is 11.8 Å². The molecule has 26 heavy (non-hydrogen) atoms. The van der Waals surface area contributed by atoms with Crippen LogP contribution >= 0.6 is 27.7 Å². The van der Waals surface area contributed by atoms with Crippen LogP contribution in [0.15, 0.2) is 59.1 Å². The number of thioether (sulfide) groups is 1. The Balaban J connectivity index is 1.51. The zero-order chi connectivity index (χ0) is 18.1. The van der Waals surface area contributed by atoms with E-state index in [0.717, 1.165) is 28.0 Å². The van der Waals surface area contributed by atoms with Crippen LogP contribution in [-0.4, -0.2) is 35.6 Å². The standard InChI is InChI=1S/C20H19BrN2O2S/c21-16-7-4-8-17(12-16)23-13-15(11-18(23)24)19(25)22-9-10-26-20(22)14-5-2-1-3-6-14/h1-8,12,15,20H,9-11,13H2. The summed E-state index contributed by atoms with van der Waals surface area (Å²) in [6.07, 6.45) is 0.286. The molecule has 0 bridgehead atoms. The van der Waals surface area contributed by atoms with Crippen LogP contribution in [0, 0.1) is 5.92 Å². The molecule has 0 spiro atoms. The summed E-state index contributed by atoms with van der Waals surface area (Å²) < 4.78 is 0.928. The van der Waals surface area contributed by atoms with Gasteiger partial charge in [0.1, 0.15) is 5.37 Å². The van der Waals surface area contributed by atoms with Crippen LogP contribution in [0.25, 0.3) is 0 Å². The Hall–Kier alpha value is -1.79. The van der Waals surface area contributed by atoms with E-state index < -0.39 is 0 Å². The molecular weight excluding hydrogens is 412 g/mol. The molecule has 2 fully saturated rings. The number of benzene rings is 2. The van der Waals surface area contributed by atoms with Crippen molar-refractivity contribution in [1.82, 2.24) is 4.90 Å². The summed E-state index contributed by atoms with van der Waals surface area (Å²) in [7, 11) is 0. The lowest BCUT2D eigenvalue weighted by molar-refractivity contribution is -0.136. The number of hydrogen-bond donors (Lipinski definition) is 0. The van der Waals surface area contributed by atoms with Crippen LogP contribution < -0.4 is 4.90 Å². The molecule has 2 aromatic rings. The molecule has 2 atom stereocenters. The first kappa shape index (κ1) is 17.6. The Kier molecular flexibility index (Phi) is 5.05. The lowest BCUT2D eigenvalue weighted by atomic mass is 10.1. The summed E-state index contributed by atoms with van der Waals surface area (Å²) in [6.45, 7) is 1.20. The first-order chi connectivity index (χ1) is 12.6. The van der Waals surface area contributed by atoms with Crippen LogP contribution in [0.4, 0.5) is 5.69 Å². The van der Waals surface area contributed by atoms with E-state index in [1.54, 1.807) is 16.7 Å². The van der Waals surface area contributed by atoms with Gasteiger partial charge < -0.3 is 9.80 Å². The zero-order valence-electron chi connectivity index (χ0n) is 14.2. The van der Waals surface area contributed by atoms with Crippen LogP contribution in [0.2, 0.25) is 0 Å². The Labute approximate surface area is 165 Å². The van der Waals surface area contributed by atoms with Crippen molar-refractivity contribution in [2.75, 3.05) is 23.7 Å². The Morgan fingerprint density at radius 1 is 1.12 bits per heavy atom. The average molecular weight is 431 g/mol. The van der Waals surface area contributed by atoms with Crippen molar-refractivity contribution in [1.29, 1.82) is 0 Å². The molecule has 0 aromatic heterocycles. The average Bonchev–Trinajstić information content (AvgIpc) is 3.29. The highest BCUT2D eigenvalue weighted by Gasteiger charge is 2.40. The van der Waals surface area contributed by atoms with Crippen LogP contribution in [0.1, 0.15) is 17.4 Å². The molecular formula is C20H19BrN2O2S. The van der Waals surface area contributed by atoms with E-state index in [1.165, 1.54) is 0 Å². The third kappa shape index (κ3) is 3.40. The SMILES string of the molecule is O=C1CC(C(=O)N2CCSC2c2ccccc2)CN1c1cccc(Br)c1. The minimum absolute atomic E-state index is 0.0181. The van der Waals surface area contributed by atoms with E-state index in [1.807, 2.05) is 47.4 Å². The number of halogens is 1. The molecule has 6 heteroatoms. The lowest BCUT2D eigenvalue weighted by Gasteiger charge is -2.26. The molecule has 2 aliphatic rings. The van der Waals surface area contributed by atoms with E-state index in [-0.39, 0.29) is 29.5 Å². The molecule has 2 amide bonds. The molecule has 134 valence electrons. The quantitative estimate of drug-likeness (QED) is 0.736. The van der Waals surface area contributed by atoms with Gasteiger partial charge in [0.05, 0.1) is 5.92 Å². The van der Waals surface area contributed by atoms with Crippen molar-refractivity contribution in [3.8, 4) is 0 Å². The topological polar surface area (TPSA) is 40.6 Å². The van der Waals surface area contributed by atoms with E-state index in [9.17, 15) is 9.59 Å². The normalized spacial score (nSPS) is 22.9. The van der Waals surface area contributed by atoms with Crippen molar-refractivity contribution < 1.29 is 9.59 Å². The molecule has 0 saturated carbocycles. The highest BCUT2D eigenvalue weighted by Crippen LogP contribution is 2.39. The Morgan fingerprint density at radius 3 is 2.69 bits per heavy atom. The van der Waals surface area contributed by atoms with Gasteiger partial charge >= 0.3 is 0 Å². The molecule has 4 nitrogen and oxygen atoms in total. The third-order valence-electron chi connectivity index (χ3n) is 4.85. The molecule has 2 heterocycles. The van der Waals surface area contributed by atoms with E-state index in [4.69, 9.17) is 0 Å². The molecule has 2 aromatic carbocycles. The predicted octanol–water partition coefficient (Wildman–Crippen LogP) is 4.08. The monoisotopic (exact) mass is 430 g/mol. The van der Waals surface area contributed by atoms with Gasteiger partial charge in [-0.15, -0.1) is 11.8 Å². The molecule has 4 rings (SSSR count). The van der Waals surface area contributed by atoms with Gasteiger partial charge in [0.15, 0.2) is 0 Å². The molecule has 0 aliphatic carbocycles. The number of hydrogen-bond acceptors (Lipinski definition) is 3. The van der Waals surface area contributed by atoms with Crippen molar-refractivity contribution in [3.05, 3.63) is 64.6 Å².